The Labute approximate surface area is 118 Å². The molecule has 0 fully saturated rings. The van der Waals surface area contributed by atoms with E-state index in [0.717, 1.165) is 33.4 Å². The highest BCUT2D eigenvalue weighted by Crippen LogP contribution is 2.26. The Hall–Kier alpha value is -1.60. The highest BCUT2D eigenvalue weighted by Gasteiger charge is 2.07. The van der Waals surface area contributed by atoms with Gasteiger partial charge in [-0.3, -0.25) is 0 Å². The summed E-state index contributed by atoms with van der Waals surface area (Å²) in [6, 6.07) is 1.96. The van der Waals surface area contributed by atoms with Crippen LogP contribution >= 0.6 is 23.1 Å². The lowest BCUT2D eigenvalue weighted by Gasteiger charge is -2.03. The fraction of sp³-hybridized carbons (Fsp3) is 0.250. The Morgan fingerprint density at radius 1 is 1.42 bits per heavy atom. The van der Waals surface area contributed by atoms with Crippen LogP contribution < -0.4 is 5.73 Å². The van der Waals surface area contributed by atoms with Crippen molar-refractivity contribution in [1.82, 2.24) is 19.5 Å². The van der Waals surface area contributed by atoms with Crippen molar-refractivity contribution in [2.45, 2.75) is 11.6 Å². The van der Waals surface area contributed by atoms with E-state index in [1.165, 1.54) is 0 Å². The summed E-state index contributed by atoms with van der Waals surface area (Å²) in [7, 11) is 2.00. The molecule has 0 saturated heterocycles. The molecule has 3 rings (SSSR count). The molecule has 0 aromatic carbocycles. The number of rotatable bonds is 4. The van der Waals surface area contributed by atoms with Gasteiger partial charge < -0.3 is 10.3 Å². The Bertz CT molecular complexity index is 703. The molecule has 0 spiro atoms. The zero-order chi connectivity index (χ0) is 13.2. The van der Waals surface area contributed by atoms with Crippen molar-refractivity contribution in [1.29, 1.82) is 0 Å². The Morgan fingerprint density at radius 2 is 2.32 bits per heavy atom. The predicted molar refractivity (Wildman–Crippen MR) is 79.5 cm³/mol. The summed E-state index contributed by atoms with van der Waals surface area (Å²) in [6.07, 6.45) is 4.65. The number of thiophene rings is 1. The van der Waals surface area contributed by atoms with Gasteiger partial charge >= 0.3 is 0 Å². The van der Waals surface area contributed by atoms with Crippen molar-refractivity contribution < 1.29 is 0 Å². The minimum absolute atomic E-state index is 0.561. The molecule has 2 N–H and O–H groups in total. The lowest BCUT2D eigenvalue weighted by Crippen LogP contribution is -2.00. The van der Waals surface area contributed by atoms with Crippen molar-refractivity contribution in [3.05, 3.63) is 29.7 Å². The van der Waals surface area contributed by atoms with E-state index in [1.54, 1.807) is 23.1 Å². The Balaban J connectivity index is 1.70. The van der Waals surface area contributed by atoms with Crippen LogP contribution in [0.1, 0.15) is 5.82 Å². The fourth-order valence-electron chi connectivity index (χ4n) is 1.79. The topological polar surface area (TPSA) is 69.6 Å². The van der Waals surface area contributed by atoms with E-state index in [1.807, 2.05) is 35.5 Å². The SMILES string of the molecule is Cn1ccnc1CCSc1nc(N)c2ccsc2n1. The summed E-state index contributed by atoms with van der Waals surface area (Å²) >= 11 is 3.20. The molecule has 0 amide bonds. The van der Waals surface area contributed by atoms with Crippen molar-refractivity contribution in [3.63, 3.8) is 0 Å². The zero-order valence-corrected chi connectivity index (χ0v) is 12.0. The smallest absolute Gasteiger partial charge is 0.190 e. The first-order chi connectivity index (χ1) is 9.24. The van der Waals surface area contributed by atoms with Crippen molar-refractivity contribution in [2.75, 3.05) is 11.5 Å². The van der Waals surface area contributed by atoms with Crippen LogP contribution in [0.2, 0.25) is 0 Å². The summed E-state index contributed by atoms with van der Waals surface area (Å²) < 4.78 is 2.03. The quantitative estimate of drug-likeness (QED) is 0.590. The maximum Gasteiger partial charge on any atom is 0.190 e. The highest BCUT2D eigenvalue weighted by molar-refractivity contribution is 7.99. The van der Waals surface area contributed by atoms with E-state index < -0.39 is 0 Å². The summed E-state index contributed by atoms with van der Waals surface area (Å²) in [5.41, 5.74) is 5.92. The van der Waals surface area contributed by atoms with Gasteiger partial charge in [-0.2, -0.15) is 0 Å². The molecule has 3 heterocycles. The van der Waals surface area contributed by atoms with E-state index in [0.29, 0.717) is 5.82 Å². The summed E-state index contributed by atoms with van der Waals surface area (Å²) in [5, 5.41) is 3.66. The molecular formula is C12H13N5S2. The number of hydrogen-bond donors (Lipinski definition) is 1. The average molecular weight is 291 g/mol. The Morgan fingerprint density at radius 3 is 3.11 bits per heavy atom. The fourth-order valence-corrected chi connectivity index (χ4v) is 3.41. The van der Waals surface area contributed by atoms with Crippen LogP contribution in [0.3, 0.4) is 0 Å². The third-order valence-electron chi connectivity index (χ3n) is 2.81. The normalized spacial score (nSPS) is 11.2. The molecule has 98 valence electrons. The van der Waals surface area contributed by atoms with Crippen LogP contribution in [0.5, 0.6) is 0 Å². The largest absolute Gasteiger partial charge is 0.383 e. The van der Waals surface area contributed by atoms with Gasteiger partial charge in [-0.15, -0.1) is 11.3 Å². The maximum atomic E-state index is 5.92. The first-order valence-electron chi connectivity index (χ1n) is 5.84. The Kier molecular flexibility index (Phi) is 3.39. The number of anilines is 1. The van der Waals surface area contributed by atoms with Crippen LogP contribution in [0.25, 0.3) is 10.2 Å². The minimum Gasteiger partial charge on any atom is -0.383 e. The molecule has 0 aliphatic rings. The van der Waals surface area contributed by atoms with Gasteiger partial charge in [0.1, 0.15) is 16.5 Å². The second kappa shape index (κ2) is 5.18. The molecule has 19 heavy (non-hydrogen) atoms. The van der Waals surface area contributed by atoms with Crippen LogP contribution in [-0.4, -0.2) is 25.3 Å². The number of hydrogen-bond acceptors (Lipinski definition) is 6. The van der Waals surface area contributed by atoms with Crippen LogP contribution in [0.15, 0.2) is 29.0 Å². The van der Waals surface area contributed by atoms with E-state index >= 15 is 0 Å². The molecule has 0 atom stereocenters. The van der Waals surface area contributed by atoms with E-state index in [-0.39, 0.29) is 0 Å². The molecule has 0 radical (unpaired) electrons. The lowest BCUT2D eigenvalue weighted by molar-refractivity contribution is 0.810. The number of nitrogens with zero attached hydrogens (tertiary/aromatic N) is 4. The molecule has 0 saturated carbocycles. The third kappa shape index (κ3) is 2.57. The summed E-state index contributed by atoms with van der Waals surface area (Å²) in [6.45, 7) is 0. The molecule has 0 unspecified atom stereocenters. The monoisotopic (exact) mass is 291 g/mol. The molecular weight excluding hydrogens is 278 g/mol. The maximum absolute atomic E-state index is 5.92. The first-order valence-corrected chi connectivity index (χ1v) is 7.70. The van der Waals surface area contributed by atoms with Gasteiger partial charge in [0.05, 0.1) is 5.39 Å². The van der Waals surface area contributed by atoms with E-state index in [4.69, 9.17) is 5.73 Å². The van der Waals surface area contributed by atoms with Crippen LogP contribution in [-0.2, 0) is 13.5 Å². The standard InChI is InChI=1S/C12H13N5S2/c1-17-5-4-14-9(17)3-7-19-12-15-10(13)8-2-6-18-11(8)16-12/h2,4-6H,3,7H2,1H3,(H2,13,15,16). The molecule has 7 heteroatoms. The third-order valence-corrected chi connectivity index (χ3v) is 4.47. The number of nitrogens with two attached hydrogens (primary N) is 1. The van der Waals surface area contributed by atoms with Crippen molar-refractivity contribution in [2.24, 2.45) is 7.05 Å². The second-order valence-electron chi connectivity index (χ2n) is 4.08. The van der Waals surface area contributed by atoms with Crippen LogP contribution in [0.4, 0.5) is 5.82 Å². The van der Waals surface area contributed by atoms with Gasteiger partial charge in [0.25, 0.3) is 0 Å². The van der Waals surface area contributed by atoms with Crippen molar-refractivity contribution >= 4 is 39.1 Å². The molecule has 5 nitrogen and oxygen atoms in total. The molecule has 3 aromatic heterocycles. The molecule has 0 bridgehead atoms. The van der Waals surface area contributed by atoms with E-state index in [9.17, 15) is 0 Å². The number of imidazole rings is 1. The van der Waals surface area contributed by atoms with Crippen LogP contribution in [0, 0.1) is 0 Å². The minimum atomic E-state index is 0.561. The molecule has 0 aliphatic carbocycles. The van der Waals surface area contributed by atoms with E-state index in [2.05, 4.69) is 15.0 Å². The first kappa shape index (κ1) is 12.4. The number of thioether (sulfide) groups is 1. The van der Waals surface area contributed by atoms with Gasteiger partial charge in [0.2, 0.25) is 0 Å². The van der Waals surface area contributed by atoms with Gasteiger partial charge in [-0.1, -0.05) is 11.8 Å². The molecule has 3 aromatic rings. The van der Waals surface area contributed by atoms with Gasteiger partial charge in [0, 0.05) is 31.6 Å². The summed E-state index contributed by atoms with van der Waals surface area (Å²) in [5.74, 6) is 2.52. The average Bonchev–Trinajstić information content (AvgIpc) is 2.99. The number of aryl methyl sites for hydroxylation is 2. The highest BCUT2D eigenvalue weighted by atomic mass is 32.2. The number of fused-ring (bicyclic) bond motifs is 1. The second-order valence-corrected chi connectivity index (χ2v) is 6.04. The van der Waals surface area contributed by atoms with Gasteiger partial charge in [0.15, 0.2) is 5.16 Å². The molecule has 0 aliphatic heterocycles. The van der Waals surface area contributed by atoms with Gasteiger partial charge in [-0.25, -0.2) is 15.0 Å². The van der Waals surface area contributed by atoms with Gasteiger partial charge in [-0.05, 0) is 11.4 Å². The number of nitrogen functional groups attached to an aromatic ring is 1. The zero-order valence-electron chi connectivity index (χ0n) is 10.4. The lowest BCUT2D eigenvalue weighted by atomic mass is 10.4. The summed E-state index contributed by atoms with van der Waals surface area (Å²) in [4.78, 5) is 14.1. The van der Waals surface area contributed by atoms with Crippen molar-refractivity contribution in [3.8, 4) is 0 Å². The predicted octanol–water partition coefficient (Wildman–Crippen LogP) is 2.34. The number of aromatic nitrogens is 4.